The topological polar surface area (TPSA) is 12.9 Å². The molecule has 0 aromatic carbocycles. The summed E-state index contributed by atoms with van der Waals surface area (Å²) in [5, 5.41) is 3.08. The van der Waals surface area contributed by atoms with Gasteiger partial charge < -0.3 is 0 Å². The van der Waals surface area contributed by atoms with Crippen LogP contribution in [0.25, 0.3) is 9.88 Å². The van der Waals surface area contributed by atoms with Gasteiger partial charge in [-0.05, 0) is 27.4 Å². The van der Waals surface area contributed by atoms with Crippen molar-refractivity contribution in [3.63, 3.8) is 0 Å². The summed E-state index contributed by atoms with van der Waals surface area (Å²) >= 11 is 12.5. The monoisotopic (exact) mass is 293 g/mol. The Kier molecular flexibility index (Phi) is 3.03. The van der Waals surface area contributed by atoms with Crippen LogP contribution in [-0.2, 0) is 5.88 Å². The number of halogens is 2. The predicted octanol–water partition coefficient (Wildman–Crippen LogP) is 4.37. The van der Waals surface area contributed by atoms with Crippen LogP contribution in [0, 0.1) is 0 Å². The maximum atomic E-state index is 5.70. The van der Waals surface area contributed by atoms with Gasteiger partial charge in [0, 0.05) is 15.5 Å². The van der Waals surface area contributed by atoms with Gasteiger partial charge in [0.15, 0.2) is 0 Å². The minimum atomic E-state index is 0.542. The fraction of sp³-hybridized carbons (Fsp3) is 0.125. The maximum absolute atomic E-state index is 5.70. The second kappa shape index (κ2) is 4.09. The zero-order valence-corrected chi connectivity index (χ0v) is 10.4. The number of nitrogens with zero attached hydrogens (tertiary/aromatic N) is 1. The molecule has 0 spiro atoms. The highest BCUT2D eigenvalue weighted by molar-refractivity contribution is 9.10. The van der Waals surface area contributed by atoms with Gasteiger partial charge in [-0.3, -0.25) is 0 Å². The number of thiazole rings is 1. The molecule has 0 saturated heterocycles. The number of alkyl halides is 1. The SMILES string of the molecule is ClCc1cnc(-c2sccc2Br)s1. The molecule has 2 aromatic rings. The smallest absolute Gasteiger partial charge is 0.134 e. The molecule has 0 atom stereocenters. The van der Waals surface area contributed by atoms with Gasteiger partial charge in [-0.1, -0.05) is 0 Å². The third-order valence-electron chi connectivity index (χ3n) is 1.50. The highest BCUT2D eigenvalue weighted by Gasteiger charge is 2.08. The van der Waals surface area contributed by atoms with Gasteiger partial charge in [0.25, 0.3) is 0 Å². The van der Waals surface area contributed by atoms with E-state index in [9.17, 15) is 0 Å². The van der Waals surface area contributed by atoms with Crippen LogP contribution in [0.3, 0.4) is 0 Å². The second-order valence-corrected chi connectivity index (χ2v) is 5.52. The van der Waals surface area contributed by atoms with Gasteiger partial charge in [0.2, 0.25) is 0 Å². The first kappa shape index (κ1) is 9.65. The Bertz CT molecular complexity index is 410. The average molecular weight is 295 g/mol. The highest BCUT2D eigenvalue weighted by atomic mass is 79.9. The van der Waals surface area contributed by atoms with Crippen LogP contribution >= 0.6 is 50.2 Å². The molecule has 68 valence electrons. The highest BCUT2D eigenvalue weighted by Crippen LogP contribution is 2.35. The van der Waals surface area contributed by atoms with Crippen LogP contribution in [0.5, 0.6) is 0 Å². The van der Waals surface area contributed by atoms with E-state index in [1.807, 2.05) is 17.6 Å². The van der Waals surface area contributed by atoms with Gasteiger partial charge in [-0.2, -0.15) is 0 Å². The van der Waals surface area contributed by atoms with E-state index in [0.717, 1.165) is 14.4 Å². The van der Waals surface area contributed by atoms with Crippen molar-refractivity contribution in [3.05, 3.63) is 27.0 Å². The Labute approximate surface area is 97.5 Å². The molecule has 0 aliphatic heterocycles. The molecule has 0 N–H and O–H groups in total. The summed E-state index contributed by atoms with van der Waals surface area (Å²) in [6.45, 7) is 0. The average Bonchev–Trinajstić information content (AvgIpc) is 2.71. The van der Waals surface area contributed by atoms with Crippen molar-refractivity contribution < 1.29 is 0 Å². The molecule has 0 bridgehead atoms. The standard InChI is InChI=1S/C8H5BrClNS2/c9-6-1-2-12-7(6)8-11-4-5(3-10)13-8/h1-2,4H,3H2. The van der Waals surface area contributed by atoms with Gasteiger partial charge in [-0.15, -0.1) is 34.3 Å². The van der Waals surface area contributed by atoms with E-state index >= 15 is 0 Å². The number of aromatic nitrogens is 1. The van der Waals surface area contributed by atoms with Crippen LogP contribution in [-0.4, -0.2) is 4.98 Å². The fourth-order valence-corrected chi connectivity index (χ4v) is 3.72. The molecule has 0 aliphatic rings. The van der Waals surface area contributed by atoms with Crippen molar-refractivity contribution in [3.8, 4) is 9.88 Å². The molecular formula is C8H5BrClNS2. The zero-order valence-electron chi connectivity index (χ0n) is 6.46. The second-order valence-electron chi connectivity index (χ2n) is 2.36. The number of hydrogen-bond acceptors (Lipinski definition) is 3. The Morgan fingerprint density at radius 2 is 2.38 bits per heavy atom. The minimum absolute atomic E-state index is 0.542. The normalized spacial score (nSPS) is 10.6. The van der Waals surface area contributed by atoms with Crippen LogP contribution in [0.2, 0.25) is 0 Å². The quantitative estimate of drug-likeness (QED) is 0.749. The number of hydrogen-bond donors (Lipinski definition) is 0. The predicted molar refractivity (Wildman–Crippen MR) is 62.7 cm³/mol. The summed E-state index contributed by atoms with van der Waals surface area (Å²) in [5.74, 6) is 0.542. The molecule has 0 fully saturated rings. The van der Waals surface area contributed by atoms with Crippen molar-refractivity contribution in [2.24, 2.45) is 0 Å². The summed E-state index contributed by atoms with van der Waals surface area (Å²) < 4.78 is 1.10. The Morgan fingerprint density at radius 1 is 1.54 bits per heavy atom. The van der Waals surface area contributed by atoms with Crippen molar-refractivity contribution >= 4 is 50.2 Å². The summed E-state index contributed by atoms with van der Waals surface area (Å²) in [5.41, 5.74) is 0. The van der Waals surface area contributed by atoms with Crippen LogP contribution in [0.1, 0.15) is 4.88 Å². The molecule has 0 amide bonds. The van der Waals surface area contributed by atoms with Gasteiger partial charge in [0.1, 0.15) is 5.01 Å². The van der Waals surface area contributed by atoms with E-state index in [1.165, 1.54) is 4.88 Å². The Morgan fingerprint density at radius 3 is 2.92 bits per heavy atom. The summed E-state index contributed by atoms with van der Waals surface area (Å²) in [7, 11) is 0. The first-order valence-corrected chi connectivity index (χ1v) is 6.57. The van der Waals surface area contributed by atoms with E-state index in [0.29, 0.717) is 5.88 Å². The molecule has 5 heteroatoms. The zero-order chi connectivity index (χ0) is 9.26. The summed E-state index contributed by atoms with van der Waals surface area (Å²) in [6.07, 6.45) is 1.83. The Hall–Kier alpha value is 0.1000. The summed E-state index contributed by atoms with van der Waals surface area (Å²) in [6, 6.07) is 2.03. The molecule has 1 nitrogen and oxygen atoms in total. The third kappa shape index (κ3) is 1.96. The first-order valence-electron chi connectivity index (χ1n) is 3.55. The van der Waals surface area contributed by atoms with E-state index in [2.05, 4.69) is 20.9 Å². The molecule has 0 aliphatic carbocycles. The molecule has 2 aromatic heterocycles. The van der Waals surface area contributed by atoms with Crippen molar-refractivity contribution in [2.75, 3.05) is 0 Å². The van der Waals surface area contributed by atoms with Crippen LogP contribution in [0.15, 0.2) is 22.1 Å². The van der Waals surface area contributed by atoms with Crippen LogP contribution < -0.4 is 0 Å². The van der Waals surface area contributed by atoms with Crippen molar-refractivity contribution in [2.45, 2.75) is 5.88 Å². The van der Waals surface area contributed by atoms with Gasteiger partial charge in [0.05, 0.1) is 10.8 Å². The van der Waals surface area contributed by atoms with Crippen molar-refractivity contribution in [1.82, 2.24) is 4.98 Å². The number of thiophene rings is 1. The van der Waals surface area contributed by atoms with E-state index in [-0.39, 0.29) is 0 Å². The minimum Gasteiger partial charge on any atom is -0.243 e. The number of rotatable bonds is 2. The molecule has 2 heterocycles. The fourth-order valence-electron chi connectivity index (χ4n) is 0.921. The molecule has 2 rings (SSSR count). The lowest BCUT2D eigenvalue weighted by Crippen LogP contribution is -1.66. The lowest BCUT2D eigenvalue weighted by atomic mass is 10.5. The maximum Gasteiger partial charge on any atom is 0.134 e. The van der Waals surface area contributed by atoms with Gasteiger partial charge >= 0.3 is 0 Å². The molecule has 0 unspecified atom stereocenters. The molecule has 0 radical (unpaired) electrons. The largest absolute Gasteiger partial charge is 0.243 e. The molecular weight excluding hydrogens is 290 g/mol. The lowest BCUT2D eigenvalue weighted by Gasteiger charge is -1.89. The van der Waals surface area contributed by atoms with E-state index in [4.69, 9.17) is 11.6 Å². The third-order valence-corrected chi connectivity index (χ3v) is 4.93. The summed E-state index contributed by atoms with van der Waals surface area (Å²) in [4.78, 5) is 6.59. The molecule has 13 heavy (non-hydrogen) atoms. The Balaban J connectivity index is 2.41. The van der Waals surface area contributed by atoms with Gasteiger partial charge in [-0.25, -0.2) is 4.98 Å². The first-order chi connectivity index (χ1) is 6.31. The van der Waals surface area contributed by atoms with E-state index in [1.54, 1.807) is 22.7 Å². The van der Waals surface area contributed by atoms with Crippen LogP contribution in [0.4, 0.5) is 0 Å². The lowest BCUT2D eigenvalue weighted by molar-refractivity contribution is 1.37. The van der Waals surface area contributed by atoms with E-state index < -0.39 is 0 Å². The molecule has 0 saturated carbocycles. The van der Waals surface area contributed by atoms with Crippen molar-refractivity contribution in [1.29, 1.82) is 0 Å².